The van der Waals surface area contributed by atoms with Crippen LogP contribution >= 0.6 is 0 Å². The number of anilines is 1. The molecule has 0 bridgehead atoms. The summed E-state index contributed by atoms with van der Waals surface area (Å²) in [4.78, 5) is 4.25. The van der Waals surface area contributed by atoms with Crippen molar-refractivity contribution in [2.24, 2.45) is 0 Å². The van der Waals surface area contributed by atoms with Crippen LogP contribution in [-0.2, 0) is 0 Å². The first kappa shape index (κ1) is 10.5. The van der Waals surface area contributed by atoms with Gasteiger partial charge in [-0.05, 0) is 26.0 Å². The van der Waals surface area contributed by atoms with Crippen LogP contribution in [0.15, 0.2) is 18.2 Å². The molecule has 1 aromatic heterocycles. The van der Waals surface area contributed by atoms with Crippen molar-refractivity contribution in [1.29, 1.82) is 0 Å². The van der Waals surface area contributed by atoms with Gasteiger partial charge in [-0.2, -0.15) is 5.10 Å². The molecule has 0 aliphatic rings. The van der Waals surface area contributed by atoms with Crippen LogP contribution in [0.3, 0.4) is 0 Å². The van der Waals surface area contributed by atoms with E-state index in [0.717, 1.165) is 17.3 Å². The predicted octanol–water partition coefficient (Wildman–Crippen LogP) is 1.47. The maximum Gasteiger partial charge on any atom is 0.148 e. The first-order valence-corrected chi connectivity index (χ1v) is 4.96. The highest BCUT2D eigenvalue weighted by molar-refractivity contribution is 5.57. The minimum Gasteiger partial charge on any atom is -0.495 e. The van der Waals surface area contributed by atoms with E-state index in [1.165, 1.54) is 0 Å². The van der Waals surface area contributed by atoms with Crippen LogP contribution in [0.25, 0.3) is 5.69 Å². The van der Waals surface area contributed by atoms with Gasteiger partial charge >= 0.3 is 0 Å². The minimum absolute atomic E-state index is 0.612. The standard InChI is InChI=1S/C11H14N4O/c1-7-13-8(2)15(14-7)9-4-5-10(12)11(6-9)16-3/h4-6H,12H2,1-3H3. The predicted molar refractivity (Wildman–Crippen MR) is 61.8 cm³/mol. The molecule has 0 radical (unpaired) electrons. The fraction of sp³-hybridized carbons (Fsp3) is 0.273. The van der Waals surface area contributed by atoms with E-state index >= 15 is 0 Å². The molecule has 1 heterocycles. The number of benzene rings is 1. The Labute approximate surface area is 93.9 Å². The monoisotopic (exact) mass is 218 g/mol. The lowest BCUT2D eigenvalue weighted by atomic mass is 10.2. The smallest absolute Gasteiger partial charge is 0.148 e. The summed E-state index contributed by atoms with van der Waals surface area (Å²) in [7, 11) is 1.59. The second kappa shape index (κ2) is 3.84. The molecular formula is C11H14N4O. The van der Waals surface area contributed by atoms with Gasteiger partial charge in [0.15, 0.2) is 0 Å². The normalized spacial score (nSPS) is 10.4. The van der Waals surface area contributed by atoms with Crippen molar-refractivity contribution >= 4 is 5.69 Å². The number of aromatic nitrogens is 3. The molecule has 5 nitrogen and oxygen atoms in total. The molecule has 0 unspecified atom stereocenters. The lowest BCUT2D eigenvalue weighted by molar-refractivity contribution is 0.416. The van der Waals surface area contributed by atoms with Crippen molar-refractivity contribution in [1.82, 2.24) is 14.8 Å². The lowest BCUT2D eigenvalue weighted by Crippen LogP contribution is -2.01. The van der Waals surface area contributed by atoms with Crippen LogP contribution in [0, 0.1) is 13.8 Å². The number of nitrogens with zero attached hydrogens (tertiary/aromatic N) is 3. The second-order valence-electron chi connectivity index (χ2n) is 3.54. The lowest BCUT2D eigenvalue weighted by Gasteiger charge is -2.08. The highest BCUT2D eigenvalue weighted by Crippen LogP contribution is 2.24. The summed E-state index contributed by atoms with van der Waals surface area (Å²) in [6.45, 7) is 3.76. The maximum absolute atomic E-state index is 5.75. The van der Waals surface area contributed by atoms with E-state index in [-0.39, 0.29) is 0 Å². The van der Waals surface area contributed by atoms with Gasteiger partial charge in [0.1, 0.15) is 17.4 Å². The van der Waals surface area contributed by atoms with Crippen LogP contribution in [0.4, 0.5) is 5.69 Å². The van der Waals surface area contributed by atoms with Crippen molar-refractivity contribution in [2.45, 2.75) is 13.8 Å². The van der Waals surface area contributed by atoms with Crippen molar-refractivity contribution in [3.05, 3.63) is 29.8 Å². The number of hydrogen-bond donors (Lipinski definition) is 1. The van der Waals surface area contributed by atoms with E-state index in [1.807, 2.05) is 26.0 Å². The van der Waals surface area contributed by atoms with E-state index < -0.39 is 0 Å². The topological polar surface area (TPSA) is 66.0 Å². The summed E-state index contributed by atoms with van der Waals surface area (Å²) in [6.07, 6.45) is 0. The van der Waals surface area contributed by atoms with Gasteiger partial charge in [-0.25, -0.2) is 9.67 Å². The van der Waals surface area contributed by atoms with Gasteiger partial charge in [0, 0.05) is 6.07 Å². The Kier molecular flexibility index (Phi) is 2.52. The van der Waals surface area contributed by atoms with E-state index in [4.69, 9.17) is 10.5 Å². The second-order valence-corrected chi connectivity index (χ2v) is 3.54. The summed E-state index contributed by atoms with van der Waals surface area (Å²) < 4.78 is 6.93. The molecule has 84 valence electrons. The van der Waals surface area contributed by atoms with Crippen molar-refractivity contribution in [2.75, 3.05) is 12.8 Å². The number of nitrogen functional groups attached to an aromatic ring is 1. The molecule has 0 spiro atoms. The largest absolute Gasteiger partial charge is 0.495 e. The van der Waals surface area contributed by atoms with Gasteiger partial charge in [-0.15, -0.1) is 0 Å². The van der Waals surface area contributed by atoms with Gasteiger partial charge in [0.2, 0.25) is 0 Å². The third-order valence-electron chi connectivity index (χ3n) is 2.34. The maximum atomic E-state index is 5.75. The molecule has 16 heavy (non-hydrogen) atoms. The Bertz CT molecular complexity index is 519. The van der Waals surface area contributed by atoms with Gasteiger partial charge in [0.25, 0.3) is 0 Å². The van der Waals surface area contributed by atoms with Crippen LogP contribution < -0.4 is 10.5 Å². The first-order valence-electron chi connectivity index (χ1n) is 4.96. The quantitative estimate of drug-likeness (QED) is 0.775. The molecule has 2 rings (SSSR count). The minimum atomic E-state index is 0.612. The Hall–Kier alpha value is -2.04. The molecule has 5 heteroatoms. The molecular weight excluding hydrogens is 204 g/mol. The van der Waals surface area contributed by atoms with Crippen LogP contribution in [0.2, 0.25) is 0 Å². The van der Waals surface area contributed by atoms with E-state index in [0.29, 0.717) is 11.4 Å². The number of methoxy groups -OCH3 is 1. The van der Waals surface area contributed by atoms with Crippen LogP contribution in [0.1, 0.15) is 11.6 Å². The van der Waals surface area contributed by atoms with E-state index in [9.17, 15) is 0 Å². The number of nitrogens with two attached hydrogens (primary N) is 1. The van der Waals surface area contributed by atoms with Gasteiger partial charge in [-0.1, -0.05) is 0 Å². The van der Waals surface area contributed by atoms with Gasteiger partial charge < -0.3 is 10.5 Å². The molecule has 0 aliphatic heterocycles. The molecule has 0 saturated heterocycles. The highest BCUT2D eigenvalue weighted by atomic mass is 16.5. The summed E-state index contributed by atoms with van der Waals surface area (Å²) in [5.41, 5.74) is 7.26. The van der Waals surface area contributed by atoms with Crippen LogP contribution in [0.5, 0.6) is 5.75 Å². The molecule has 1 aromatic carbocycles. The summed E-state index contributed by atoms with van der Waals surface area (Å²) >= 11 is 0. The van der Waals surface area contributed by atoms with E-state index in [1.54, 1.807) is 17.9 Å². The Morgan fingerprint density at radius 2 is 2.06 bits per heavy atom. The summed E-state index contributed by atoms with van der Waals surface area (Å²) in [6, 6.07) is 5.53. The fourth-order valence-electron chi connectivity index (χ4n) is 1.60. The molecule has 0 amide bonds. The SMILES string of the molecule is COc1cc(-n2nc(C)nc2C)ccc1N. The van der Waals surface area contributed by atoms with E-state index in [2.05, 4.69) is 10.1 Å². The zero-order valence-electron chi connectivity index (χ0n) is 9.56. The summed E-state index contributed by atoms with van der Waals surface area (Å²) in [5.74, 6) is 2.22. The number of aryl methyl sites for hydroxylation is 2. The molecule has 2 aromatic rings. The van der Waals surface area contributed by atoms with Gasteiger partial charge in [0.05, 0.1) is 18.5 Å². The van der Waals surface area contributed by atoms with Crippen molar-refractivity contribution in [3.8, 4) is 11.4 Å². The average molecular weight is 218 g/mol. The van der Waals surface area contributed by atoms with Crippen molar-refractivity contribution < 1.29 is 4.74 Å². The third kappa shape index (κ3) is 1.71. The number of hydrogen-bond acceptors (Lipinski definition) is 4. The molecule has 0 aliphatic carbocycles. The molecule has 2 N–H and O–H groups in total. The first-order chi connectivity index (χ1) is 7.61. The van der Waals surface area contributed by atoms with Gasteiger partial charge in [-0.3, -0.25) is 0 Å². The third-order valence-corrected chi connectivity index (χ3v) is 2.34. The molecule has 0 atom stereocenters. The zero-order valence-corrected chi connectivity index (χ0v) is 9.56. The Balaban J connectivity index is 2.52. The fourth-order valence-corrected chi connectivity index (χ4v) is 1.60. The average Bonchev–Trinajstić information content (AvgIpc) is 2.59. The summed E-state index contributed by atoms with van der Waals surface area (Å²) in [5, 5.41) is 4.29. The van der Waals surface area contributed by atoms with Crippen LogP contribution in [-0.4, -0.2) is 21.9 Å². The molecule has 0 saturated carbocycles. The number of ether oxygens (including phenoxy) is 1. The highest BCUT2D eigenvalue weighted by Gasteiger charge is 2.07. The zero-order chi connectivity index (χ0) is 11.7. The van der Waals surface area contributed by atoms with Crippen molar-refractivity contribution in [3.63, 3.8) is 0 Å². The Morgan fingerprint density at radius 3 is 2.62 bits per heavy atom. The molecule has 0 fully saturated rings. The Morgan fingerprint density at radius 1 is 1.31 bits per heavy atom. The number of rotatable bonds is 2.